The van der Waals surface area contributed by atoms with Gasteiger partial charge >= 0.3 is 0 Å². The first-order chi connectivity index (χ1) is 9.63. The molecule has 0 bridgehead atoms. The maximum absolute atomic E-state index is 11.5. The molecule has 1 aliphatic rings. The van der Waals surface area contributed by atoms with Gasteiger partial charge in [0.25, 0.3) is 11.1 Å². The van der Waals surface area contributed by atoms with E-state index in [1.165, 1.54) is 0 Å². The molecule has 1 heterocycles. The van der Waals surface area contributed by atoms with Crippen LogP contribution in [0.15, 0.2) is 23.1 Å². The molecule has 0 radical (unpaired) electrons. The molecule has 2 amide bonds. The van der Waals surface area contributed by atoms with Gasteiger partial charge in [-0.3, -0.25) is 14.9 Å². The topological polar surface area (TPSA) is 64.6 Å². The molecule has 5 nitrogen and oxygen atoms in total. The van der Waals surface area contributed by atoms with Crippen molar-refractivity contribution in [2.75, 3.05) is 19.0 Å². The third-order valence-electron chi connectivity index (χ3n) is 2.46. The van der Waals surface area contributed by atoms with Crippen molar-refractivity contribution in [3.05, 3.63) is 28.7 Å². The van der Waals surface area contributed by atoms with Gasteiger partial charge < -0.3 is 9.47 Å². The van der Waals surface area contributed by atoms with Crippen LogP contribution in [0.25, 0.3) is 6.08 Å². The molecule has 2 rings (SSSR count). The lowest BCUT2D eigenvalue weighted by Crippen LogP contribution is -2.17. The Balaban J connectivity index is 2.23. The summed E-state index contributed by atoms with van der Waals surface area (Å²) < 4.78 is 10.8. The summed E-state index contributed by atoms with van der Waals surface area (Å²) in [5, 5.41) is 2.58. The molecule has 0 aliphatic carbocycles. The van der Waals surface area contributed by atoms with Crippen LogP contribution in [0.5, 0.6) is 11.5 Å². The van der Waals surface area contributed by atoms with E-state index in [4.69, 9.17) is 9.47 Å². The third-order valence-corrected chi connectivity index (χ3v) is 3.60. The minimum Gasteiger partial charge on any atom is -0.493 e. The molecule has 0 aromatic heterocycles. The zero-order valence-electron chi connectivity index (χ0n) is 10.6. The van der Waals surface area contributed by atoms with Crippen LogP contribution in [0.4, 0.5) is 4.79 Å². The molecule has 1 aromatic rings. The molecule has 1 saturated heterocycles. The maximum atomic E-state index is 11.5. The Bertz CT molecular complexity index is 573. The fraction of sp³-hybridized carbons (Fsp3) is 0.231. The van der Waals surface area contributed by atoms with E-state index in [1.54, 1.807) is 31.4 Å². The molecule has 20 heavy (non-hydrogen) atoms. The summed E-state index contributed by atoms with van der Waals surface area (Å²) in [5.74, 6) is 0.835. The van der Waals surface area contributed by atoms with Crippen molar-refractivity contribution in [2.24, 2.45) is 0 Å². The summed E-state index contributed by atoms with van der Waals surface area (Å²) in [6.07, 6.45) is 1.64. The molecule has 0 spiro atoms. The molecular formula is C13H12BrNO4S. The van der Waals surface area contributed by atoms with Gasteiger partial charge in [0.15, 0.2) is 11.5 Å². The number of hydrogen-bond donors (Lipinski definition) is 1. The van der Waals surface area contributed by atoms with Crippen molar-refractivity contribution < 1.29 is 19.1 Å². The quantitative estimate of drug-likeness (QED) is 0.648. The van der Waals surface area contributed by atoms with E-state index in [9.17, 15) is 9.59 Å². The first-order valence-corrected chi connectivity index (χ1v) is 7.69. The number of carbonyl (C=O) groups is 2. The lowest BCUT2D eigenvalue weighted by molar-refractivity contribution is -0.115. The molecule has 106 valence electrons. The molecular weight excluding hydrogens is 346 g/mol. The monoisotopic (exact) mass is 357 g/mol. The zero-order chi connectivity index (χ0) is 14.5. The van der Waals surface area contributed by atoms with E-state index in [2.05, 4.69) is 21.2 Å². The van der Waals surface area contributed by atoms with Gasteiger partial charge in [-0.2, -0.15) is 0 Å². The Morgan fingerprint density at radius 1 is 1.35 bits per heavy atom. The predicted octanol–water partition coefficient (Wildman–Crippen LogP) is 2.79. The van der Waals surface area contributed by atoms with Crippen molar-refractivity contribution in [2.45, 2.75) is 0 Å². The van der Waals surface area contributed by atoms with Crippen LogP contribution in [0.1, 0.15) is 5.56 Å². The van der Waals surface area contributed by atoms with Crippen LogP contribution >= 0.6 is 27.7 Å². The molecule has 0 atom stereocenters. The minimum absolute atomic E-state index is 0.356. The van der Waals surface area contributed by atoms with Gasteiger partial charge in [-0.1, -0.05) is 22.0 Å². The molecule has 1 fully saturated rings. The molecule has 1 aromatic carbocycles. The van der Waals surface area contributed by atoms with Gasteiger partial charge in [0.05, 0.1) is 18.6 Å². The SMILES string of the molecule is COc1cc(/C=C2/SC(=O)NC2=O)ccc1OCCBr. The van der Waals surface area contributed by atoms with Crippen molar-refractivity contribution in [3.8, 4) is 11.5 Å². The number of rotatable bonds is 5. The van der Waals surface area contributed by atoms with Crippen LogP contribution in [0.3, 0.4) is 0 Å². The fourth-order valence-electron chi connectivity index (χ4n) is 1.61. The Labute approximate surface area is 128 Å². The van der Waals surface area contributed by atoms with Crippen LogP contribution in [0.2, 0.25) is 0 Å². The summed E-state index contributed by atoms with van der Waals surface area (Å²) in [7, 11) is 1.55. The zero-order valence-corrected chi connectivity index (χ0v) is 13.0. The highest BCUT2D eigenvalue weighted by molar-refractivity contribution is 9.09. The number of halogens is 1. The van der Waals surface area contributed by atoms with Crippen molar-refractivity contribution in [1.82, 2.24) is 5.32 Å². The number of hydrogen-bond acceptors (Lipinski definition) is 5. The second-order valence-electron chi connectivity index (χ2n) is 3.80. The number of carbonyl (C=O) groups excluding carboxylic acids is 2. The standard InChI is InChI=1S/C13H12BrNO4S/c1-18-10-6-8(2-3-9(10)19-5-4-14)7-11-12(16)15-13(17)20-11/h2-3,6-7H,4-5H2,1H3,(H,15,16,17)/b11-7+. The van der Waals surface area contributed by atoms with Gasteiger partial charge in [-0.05, 0) is 35.5 Å². The number of nitrogens with one attached hydrogen (secondary N) is 1. The van der Waals surface area contributed by atoms with Crippen molar-refractivity contribution >= 4 is 44.9 Å². The highest BCUT2D eigenvalue weighted by atomic mass is 79.9. The summed E-state index contributed by atoms with van der Waals surface area (Å²) >= 11 is 4.17. The van der Waals surface area contributed by atoms with E-state index in [-0.39, 0.29) is 11.1 Å². The summed E-state index contributed by atoms with van der Waals surface area (Å²) in [6.45, 7) is 0.531. The Kier molecular flexibility index (Phi) is 5.08. The van der Waals surface area contributed by atoms with Crippen molar-refractivity contribution in [1.29, 1.82) is 0 Å². The highest BCUT2D eigenvalue weighted by Crippen LogP contribution is 2.31. The van der Waals surface area contributed by atoms with Gasteiger partial charge in [0, 0.05) is 5.33 Å². The average Bonchev–Trinajstić information content (AvgIpc) is 2.75. The molecule has 0 unspecified atom stereocenters. The predicted molar refractivity (Wildman–Crippen MR) is 81.4 cm³/mol. The number of ether oxygens (including phenoxy) is 2. The number of imide groups is 1. The minimum atomic E-state index is -0.376. The lowest BCUT2D eigenvalue weighted by atomic mass is 10.2. The number of methoxy groups -OCH3 is 1. The molecule has 1 aliphatic heterocycles. The molecule has 0 saturated carbocycles. The highest BCUT2D eigenvalue weighted by Gasteiger charge is 2.25. The first kappa shape index (κ1) is 14.9. The largest absolute Gasteiger partial charge is 0.493 e. The van der Waals surface area contributed by atoms with Crippen LogP contribution < -0.4 is 14.8 Å². The van der Waals surface area contributed by atoms with E-state index in [0.29, 0.717) is 23.0 Å². The van der Waals surface area contributed by atoms with Gasteiger partial charge in [-0.25, -0.2) is 0 Å². The van der Waals surface area contributed by atoms with Gasteiger partial charge in [0.2, 0.25) is 0 Å². The smallest absolute Gasteiger partial charge is 0.290 e. The number of benzene rings is 1. The first-order valence-electron chi connectivity index (χ1n) is 5.75. The number of alkyl halides is 1. The van der Waals surface area contributed by atoms with Crippen molar-refractivity contribution in [3.63, 3.8) is 0 Å². The Hall–Kier alpha value is -1.47. The summed E-state index contributed by atoms with van der Waals surface area (Å²) in [6, 6.07) is 5.33. The van der Waals surface area contributed by atoms with Crippen LogP contribution in [0, 0.1) is 0 Å². The number of amides is 2. The average molecular weight is 358 g/mol. The van der Waals surface area contributed by atoms with E-state index in [1.807, 2.05) is 0 Å². The van der Waals surface area contributed by atoms with E-state index >= 15 is 0 Å². The van der Waals surface area contributed by atoms with E-state index in [0.717, 1.165) is 22.7 Å². The molecule has 7 heteroatoms. The lowest BCUT2D eigenvalue weighted by Gasteiger charge is -2.10. The summed E-state index contributed by atoms with van der Waals surface area (Å²) in [5.41, 5.74) is 0.764. The maximum Gasteiger partial charge on any atom is 0.290 e. The van der Waals surface area contributed by atoms with E-state index < -0.39 is 0 Å². The molecule has 1 N–H and O–H groups in total. The van der Waals surface area contributed by atoms with Crippen LogP contribution in [-0.4, -0.2) is 30.2 Å². The van der Waals surface area contributed by atoms with Gasteiger partial charge in [0.1, 0.15) is 0 Å². The van der Waals surface area contributed by atoms with Crippen LogP contribution in [-0.2, 0) is 4.79 Å². The second-order valence-corrected chi connectivity index (χ2v) is 5.61. The fourth-order valence-corrected chi connectivity index (χ4v) is 2.46. The Morgan fingerprint density at radius 3 is 2.75 bits per heavy atom. The normalized spacial score (nSPS) is 16.4. The van der Waals surface area contributed by atoms with Gasteiger partial charge in [-0.15, -0.1) is 0 Å². The third kappa shape index (κ3) is 3.55. The summed E-state index contributed by atoms with van der Waals surface area (Å²) in [4.78, 5) is 22.9. The second kappa shape index (κ2) is 6.81. The Morgan fingerprint density at radius 2 is 2.15 bits per heavy atom. The number of thioether (sulfide) groups is 1.